The first-order chi connectivity index (χ1) is 19.6. The number of rotatable bonds is 31. The van der Waals surface area contributed by atoms with Crippen LogP contribution in [0.2, 0.25) is 0 Å². The van der Waals surface area contributed by atoms with Crippen LogP contribution in [0.3, 0.4) is 0 Å². The van der Waals surface area contributed by atoms with Crippen molar-refractivity contribution in [3.05, 3.63) is 0 Å². The van der Waals surface area contributed by atoms with Crippen LogP contribution in [0.4, 0.5) is 0 Å². The van der Waals surface area contributed by atoms with Crippen molar-refractivity contribution in [3.8, 4) is 0 Å². The Hall–Kier alpha value is 0.880. The summed E-state index contributed by atoms with van der Waals surface area (Å²) in [4.78, 5) is 1.89. The van der Waals surface area contributed by atoms with Crippen LogP contribution in [-0.2, 0) is 0 Å². The fourth-order valence-electron chi connectivity index (χ4n) is 6.21. The lowest BCUT2D eigenvalue weighted by molar-refractivity contribution is -0.927. The van der Waals surface area contributed by atoms with Gasteiger partial charge in [-0.25, -0.2) is 0 Å². The number of quaternary nitrogens is 2. The zero-order valence-corrected chi connectivity index (χ0v) is 33.8. The van der Waals surface area contributed by atoms with Crippen LogP contribution in [-0.4, -0.2) is 50.3 Å². The average Bonchev–Trinajstić information content (AvgIpc) is 2.97. The fourth-order valence-corrected chi connectivity index (χ4v) is 6.21. The topological polar surface area (TPSA) is 4.44 Å². The molecule has 0 bridgehead atoms. The second-order valence-corrected chi connectivity index (χ2v) is 13.2. The molecule has 0 heterocycles. The van der Waals surface area contributed by atoms with Crippen LogP contribution in [0.5, 0.6) is 0 Å². The lowest BCUT2D eigenvalue weighted by Crippen LogP contribution is -3.12. The molecule has 0 saturated heterocycles. The van der Waals surface area contributed by atoms with E-state index in [4.69, 9.17) is 0 Å². The van der Waals surface area contributed by atoms with Crippen LogP contribution in [0.15, 0.2) is 0 Å². The van der Waals surface area contributed by atoms with Gasteiger partial charge in [-0.2, -0.15) is 0 Å². The van der Waals surface area contributed by atoms with Crippen molar-refractivity contribution in [2.75, 3.05) is 45.8 Å². The monoisotopic (exact) mass is 727 g/mol. The molecule has 0 rings (SSSR count). The number of hydrogen-bond donors (Lipinski definition) is 1. The van der Waals surface area contributed by atoms with Gasteiger partial charge >= 0.3 is 0 Å². The molecule has 0 aromatic rings. The van der Waals surface area contributed by atoms with E-state index >= 15 is 0 Å². The maximum absolute atomic E-state index is 2.43. The molecule has 0 aromatic carbocycles. The summed E-state index contributed by atoms with van der Waals surface area (Å²) in [7, 11) is 0. The van der Waals surface area contributed by atoms with Gasteiger partial charge in [-0.1, -0.05) is 119 Å². The Kier molecular flexibility index (Phi) is 49.6. The minimum Gasteiger partial charge on any atom is -1.00 e. The van der Waals surface area contributed by atoms with Gasteiger partial charge in [0.2, 0.25) is 0 Å². The van der Waals surface area contributed by atoms with E-state index in [0.29, 0.717) is 0 Å². The Morgan fingerprint density at radius 3 is 0.762 bits per heavy atom. The summed E-state index contributed by atoms with van der Waals surface area (Å²) in [5.41, 5.74) is 0. The first-order valence-electron chi connectivity index (χ1n) is 19.3. The highest BCUT2D eigenvalue weighted by molar-refractivity contribution is 4.51. The van der Waals surface area contributed by atoms with Crippen molar-refractivity contribution in [2.24, 2.45) is 0 Å². The predicted molar refractivity (Wildman–Crippen MR) is 186 cm³/mol. The third kappa shape index (κ3) is 35.4. The summed E-state index contributed by atoms with van der Waals surface area (Å²) in [6, 6.07) is 0. The number of unbranched alkanes of at least 4 members (excludes halogenated alkanes) is 18. The Bertz CT molecular complexity index is 387. The zero-order valence-electron chi connectivity index (χ0n) is 30.6. The van der Waals surface area contributed by atoms with Crippen molar-refractivity contribution in [2.45, 2.75) is 203 Å². The van der Waals surface area contributed by atoms with E-state index in [1.54, 1.807) is 0 Å². The highest BCUT2D eigenvalue weighted by Crippen LogP contribution is 2.17. The molecular weight excluding hydrogens is 644 g/mol. The van der Waals surface area contributed by atoms with Crippen LogP contribution in [0.25, 0.3) is 0 Å². The standard InChI is InChI=1S/C20H44N.C18H39N.2BrH/c1-5-9-12-15-18-21(8-4,19-16-13-10-6-2)20-17-14-11-7-3;1-4-7-10-13-16-19(17-14-11-8-5-2)18-15-12-9-6-3;;/h5-20H2,1-4H3;4-18H2,1-3H3;2*1H/q+1;;;/p-1. The van der Waals surface area contributed by atoms with Crippen molar-refractivity contribution >= 4 is 0 Å². The van der Waals surface area contributed by atoms with Gasteiger partial charge in [-0.3, -0.25) is 0 Å². The number of nitrogens with zero attached hydrogens (tertiary/aromatic N) is 1. The smallest absolute Gasteiger partial charge is 0.0786 e. The Morgan fingerprint density at radius 1 is 0.310 bits per heavy atom. The molecule has 0 aromatic heterocycles. The SMILES string of the molecule is CCCCCC[N+](CC)(CCCCCC)CCCCCC.CCCCCC[NH+](CCCCCC)CCCCCC.[Br-].[Br-]. The summed E-state index contributed by atoms with van der Waals surface area (Å²) in [5.74, 6) is 0. The highest BCUT2D eigenvalue weighted by atomic mass is 79.9. The van der Waals surface area contributed by atoms with Gasteiger partial charge in [0.25, 0.3) is 0 Å². The quantitative estimate of drug-likeness (QED) is 0.0742. The third-order valence-electron chi connectivity index (χ3n) is 9.28. The van der Waals surface area contributed by atoms with Crippen LogP contribution >= 0.6 is 0 Å². The van der Waals surface area contributed by atoms with E-state index in [0.717, 1.165) is 0 Å². The maximum Gasteiger partial charge on any atom is 0.0786 e. The van der Waals surface area contributed by atoms with Gasteiger partial charge in [-0.15, -0.1) is 0 Å². The van der Waals surface area contributed by atoms with E-state index in [1.807, 2.05) is 4.90 Å². The minimum atomic E-state index is 0. The van der Waals surface area contributed by atoms with E-state index in [-0.39, 0.29) is 34.0 Å². The summed E-state index contributed by atoms with van der Waals surface area (Å²) in [5, 5.41) is 0. The largest absolute Gasteiger partial charge is 1.00 e. The molecule has 4 heteroatoms. The average molecular weight is 729 g/mol. The van der Waals surface area contributed by atoms with Gasteiger partial charge in [0.05, 0.1) is 45.8 Å². The van der Waals surface area contributed by atoms with Crippen LogP contribution < -0.4 is 38.9 Å². The molecule has 0 aliphatic rings. The van der Waals surface area contributed by atoms with Crippen molar-refractivity contribution in [3.63, 3.8) is 0 Å². The maximum atomic E-state index is 2.43. The molecule has 0 unspecified atom stereocenters. The second kappa shape index (κ2) is 41.9. The zero-order chi connectivity index (χ0) is 30.0. The number of nitrogens with one attached hydrogen (secondary N) is 1. The normalized spacial score (nSPS) is 11.1. The molecule has 0 saturated carbocycles. The van der Waals surface area contributed by atoms with Gasteiger partial charge < -0.3 is 43.3 Å². The molecular formula is C38H84Br2N2. The molecule has 0 aliphatic carbocycles. The Labute approximate surface area is 290 Å². The Morgan fingerprint density at radius 2 is 0.548 bits per heavy atom. The third-order valence-corrected chi connectivity index (χ3v) is 9.28. The highest BCUT2D eigenvalue weighted by Gasteiger charge is 2.23. The fraction of sp³-hybridized carbons (Fsp3) is 1.00. The molecule has 2 nitrogen and oxygen atoms in total. The molecule has 260 valence electrons. The molecule has 0 atom stereocenters. The molecule has 0 amide bonds. The van der Waals surface area contributed by atoms with Crippen LogP contribution in [0, 0.1) is 0 Å². The lowest BCUT2D eigenvalue weighted by Gasteiger charge is -2.38. The van der Waals surface area contributed by atoms with E-state index in [9.17, 15) is 0 Å². The molecule has 0 spiro atoms. The van der Waals surface area contributed by atoms with E-state index in [1.165, 1.54) is 204 Å². The molecule has 0 radical (unpaired) electrons. The first kappa shape index (κ1) is 49.8. The predicted octanol–water partition coefficient (Wildman–Crippen LogP) is 5.18. The van der Waals surface area contributed by atoms with E-state index < -0.39 is 0 Å². The van der Waals surface area contributed by atoms with Crippen molar-refractivity contribution in [1.29, 1.82) is 0 Å². The van der Waals surface area contributed by atoms with Gasteiger partial charge in [0, 0.05) is 0 Å². The van der Waals surface area contributed by atoms with Crippen molar-refractivity contribution in [1.82, 2.24) is 0 Å². The van der Waals surface area contributed by atoms with Crippen molar-refractivity contribution < 1.29 is 43.3 Å². The molecule has 0 fully saturated rings. The Balaban J connectivity index is -0.000000330. The van der Waals surface area contributed by atoms with Gasteiger partial charge in [0.1, 0.15) is 0 Å². The summed E-state index contributed by atoms with van der Waals surface area (Å²) in [6.45, 7) is 26.3. The van der Waals surface area contributed by atoms with E-state index in [2.05, 4.69) is 48.5 Å². The summed E-state index contributed by atoms with van der Waals surface area (Å²) in [6.07, 6.45) is 34.1. The number of hydrogen-bond acceptors (Lipinski definition) is 0. The molecule has 0 aliphatic heterocycles. The van der Waals surface area contributed by atoms with Gasteiger partial charge in [-0.05, 0) is 84.0 Å². The van der Waals surface area contributed by atoms with Gasteiger partial charge in [0.15, 0.2) is 0 Å². The summed E-state index contributed by atoms with van der Waals surface area (Å²) >= 11 is 0. The second-order valence-electron chi connectivity index (χ2n) is 13.2. The lowest BCUT2D eigenvalue weighted by atomic mass is 10.1. The minimum absolute atomic E-state index is 0. The first-order valence-corrected chi connectivity index (χ1v) is 19.3. The molecule has 42 heavy (non-hydrogen) atoms. The number of halogens is 2. The molecule has 1 N–H and O–H groups in total. The van der Waals surface area contributed by atoms with Crippen LogP contribution in [0.1, 0.15) is 203 Å². The summed E-state index contributed by atoms with van der Waals surface area (Å²) < 4.78 is 1.41.